The lowest BCUT2D eigenvalue weighted by Crippen LogP contribution is -2.34. The molecule has 0 spiro atoms. The van der Waals surface area contributed by atoms with E-state index in [1.165, 1.54) is 6.07 Å². The van der Waals surface area contributed by atoms with Crippen LogP contribution in [-0.2, 0) is 11.2 Å². The molecule has 1 aliphatic rings. The van der Waals surface area contributed by atoms with Crippen molar-refractivity contribution in [3.05, 3.63) is 65.0 Å². The molecule has 1 aliphatic heterocycles. The molecule has 110 valence electrons. The van der Waals surface area contributed by atoms with Gasteiger partial charge >= 0.3 is 5.91 Å². The molecular formula is C19H16FNO. The number of hydrogen-bond acceptors (Lipinski definition) is 1. The van der Waals surface area contributed by atoms with Gasteiger partial charge in [-0.15, -0.1) is 0 Å². The zero-order valence-electron chi connectivity index (χ0n) is 12.6. The van der Waals surface area contributed by atoms with Crippen LogP contribution in [0.3, 0.4) is 0 Å². The number of carbonyl (C=O) groups excluding carboxylic acids is 1. The standard InChI is InChI=1S/C19H16FNO/c1-13-7-8-15(12-17(13)20)9-10-19(22)21-14(2)11-16-5-3-4-6-18(16)21/h3-8,12,14H,11H2,1-2H3. The molecule has 2 aromatic rings. The summed E-state index contributed by atoms with van der Waals surface area (Å²) in [6.45, 7) is 3.70. The Morgan fingerprint density at radius 3 is 2.82 bits per heavy atom. The van der Waals surface area contributed by atoms with Gasteiger partial charge in [0, 0.05) is 23.2 Å². The summed E-state index contributed by atoms with van der Waals surface area (Å²) in [7, 11) is 0. The smallest absolute Gasteiger partial charge is 0.298 e. The van der Waals surface area contributed by atoms with E-state index in [2.05, 4.69) is 11.8 Å². The molecule has 3 rings (SSSR count). The molecule has 1 atom stereocenters. The lowest BCUT2D eigenvalue weighted by Gasteiger charge is -2.19. The first-order valence-electron chi connectivity index (χ1n) is 7.25. The highest BCUT2D eigenvalue weighted by atomic mass is 19.1. The molecule has 0 saturated carbocycles. The Labute approximate surface area is 129 Å². The van der Waals surface area contributed by atoms with Gasteiger partial charge in [0.15, 0.2) is 0 Å². The van der Waals surface area contributed by atoms with Gasteiger partial charge in [-0.1, -0.05) is 30.2 Å². The van der Waals surface area contributed by atoms with E-state index in [9.17, 15) is 9.18 Å². The van der Waals surface area contributed by atoms with Crippen LogP contribution < -0.4 is 4.90 Å². The lowest BCUT2D eigenvalue weighted by atomic mass is 10.1. The molecule has 2 nitrogen and oxygen atoms in total. The number of para-hydroxylation sites is 1. The minimum absolute atomic E-state index is 0.0916. The number of benzene rings is 2. The van der Waals surface area contributed by atoms with Gasteiger partial charge in [0.05, 0.1) is 0 Å². The van der Waals surface area contributed by atoms with Crippen LogP contribution >= 0.6 is 0 Å². The van der Waals surface area contributed by atoms with Crippen LogP contribution in [0.2, 0.25) is 0 Å². The molecule has 0 bridgehead atoms. The van der Waals surface area contributed by atoms with Gasteiger partial charge in [-0.25, -0.2) is 4.39 Å². The Kier molecular flexibility index (Phi) is 3.68. The number of nitrogens with zero attached hydrogens (tertiary/aromatic N) is 1. The second-order valence-electron chi connectivity index (χ2n) is 5.57. The third-order valence-electron chi connectivity index (χ3n) is 3.91. The summed E-state index contributed by atoms with van der Waals surface area (Å²) in [4.78, 5) is 14.1. The van der Waals surface area contributed by atoms with Gasteiger partial charge in [-0.05, 0) is 49.6 Å². The van der Waals surface area contributed by atoms with Crippen LogP contribution in [0.25, 0.3) is 0 Å². The average molecular weight is 293 g/mol. The van der Waals surface area contributed by atoms with Crippen LogP contribution in [0.4, 0.5) is 10.1 Å². The normalized spacial score (nSPS) is 16.0. The van der Waals surface area contributed by atoms with E-state index in [-0.39, 0.29) is 17.8 Å². The Balaban J connectivity index is 1.87. The van der Waals surface area contributed by atoms with Crippen molar-refractivity contribution in [3.8, 4) is 11.8 Å². The third kappa shape index (κ3) is 2.60. The molecule has 0 N–H and O–H groups in total. The predicted octanol–water partition coefficient (Wildman–Crippen LogP) is 3.46. The SMILES string of the molecule is Cc1ccc(C#CC(=O)N2c3ccccc3CC2C)cc1F. The Bertz CT molecular complexity index is 801. The quantitative estimate of drug-likeness (QED) is 0.681. The molecule has 3 heteroatoms. The third-order valence-corrected chi connectivity index (χ3v) is 3.91. The van der Waals surface area contributed by atoms with Gasteiger partial charge in [0.2, 0.25) is 0 Å². The first kappa shape index (κ1) is 14.3. The first-order chi connectivity index (χ1) is 10.6. The van der Waals surface area contributed by atoms with Crippen LogP contribution in [0.1, 0.15) is 23.6 Å². The van der Waals surface area contributed by atoms with Gasteiger partial charge in [-0.3, -0.25) is 9.69 Å². The Hall–Kier alpha value is -2.60. The maximum absolute atomic E-state index is 13.5. The van der Waals surface area contributed by atoms with Crippen molar-refractivity contribution in [3.63, 3.8) is 0 Å². The number of hydrogen-bond donors (Lipinski definition) is 0. The van der Waals surface area contributed by atoms with Crippen LogP contribution in [0, 0.1) is 24.6 Å². The number of fused-ring (bicyclic) bond motifs is 1. The van der Waals surface area contributed by atoms with E-state index in [1.54, 1.807) is 24.0 Å². The molecule has 1 heterocycles. The maximum Gasteiger partial charge on any atom is 0.303 e. The number of amides is 1. The molecule has 1 unspecified atom stereocenters. The first-order valence-corrected chi connectivity index (χ1v) is 7.25. The zero-order chi connectivity index (χ0) is 15.7. The monoisotopic (exact) mass is 293 g/mol. The second kappa shape index (κ2) is 5.65. The molecule has 22 heavy (non-hydrogen) atoms. The predicted molar refractivity (Wildman–Crippen MR) is 85.1 cm³/mol. The van der Waals surface area contributed by atoms with Crippen molar-refractivity contribution in [1.82, 2.24) is 0 Å². The van der Waals surface area contributed by atoms with Gasteiger partial charge in [0.1, 0.15) is 5.82 Å². The van der Waals surface area contributed by atoms with E-state index in [0.29, 0.717) is 11.1 Å². The second-order valence-corrected chi connectivity index (χ2v) is 5.57. The minimum atomic E-state index is -0.306. The topological polar surface area (TPSA) is 20.3 Å². The molecular weight excluding hydrogens is 277 g/mol. The molecule has 0 aliphatic carbocycles. The maximum atomic E-state index is 13.5. The highest BCUT2D eigenvalue weighted by Crippen LogP contribution is 2.31. The number of anilines is 1. The Morgan fingerprint density at radius 2 is 2.05 bits per heavy atom. The summed E-state index contributed by atoms with van der Waals surface area (Å²) in [6.07, 6.45) is 0.836. The van der Waals surface area contributed by atoms with Crippen molar-refractivity contribution in [2.45, 2.75) is 26.3 Å². The summed E-state index contributed by atoms with van der Waals surface area (Å²) in [5.41, 5.74) is 3.16. The van der Waals surface area contributed by atoms with Gasteiger partial charge in [-0.2, -0.15) is 0 Å². The molecule has 0 radical (unpaired) electrons. The molecule has 1 amide bonds. The molecule has 0 saturated heterocycles. The summed E-state index contributed by atoms with van der Waals surface area (Å²) in [5, 5.41) is 0. The van der Waals surface area contributed by atoms with Crippen molar-refractivity contribution >= 4 is 11.6 Å². The van der Waals surface area contributed by atoms with E-state index in [0.717, 1.165) is 17.7 Å². The van der Waals surface area contributed by atoms with Crippen LogP contribution in [-0.4, -0.2) is 11.9 Å². The summed E-state index contributed by atoms with van der Waals surface area (Å²) in [6, 6.07) is 12.7. The van der Waals surface area contributed by atoms with Crippen LogP contribution in [0.15, 0.2) is 42.5 Å². The number of halogens is 1. The zero-order valence-corrected chi connectivity index (χ0v) is 12.6. The minimum Gasteiger partial charge on any atom is -0.298 e. The van der Waals surface area contributed by atoms with Crippen molar-refractivity contribution in [2.75, 3.05) is 4.90 Å². The van der Waals surface area contributed by atoms with Crippen molar-refractivity contribution in [2.24, 2.45) is 0 Å². The van der Waals surface area contributed by atoms with E-state index in [1.807, 2.05) is 31.2 Å². The van der Waals surface area contributed by atoms with E-state index >= 15 is 0 Å². The number of rotatable bonds is 0. The Morgan fingerprint density at radius 1 is 1.27 bits per heavy atom. The summed E-state index contributed by atoms with van der Waals surface area (Å²) >= 11 is 0. The fraction of sp³-hybridized carbons (Fsp3) is 0.211. The fourth-order valence-corrected chi connectivity index (χ4v) is 2.73. The van der Waals surface area contributed by atoms with Gasteiger partial charge in [0.25, 0.3) is 0 Å². The summed E-state index contributed by atoms with van der Waals surface area (Å²) < 4.78 is 13.5. The average Bonchev–Trinajstić information content (AvgIpc) is 2.84. The van der Waals surface area contributed by atoms with E-state index in [4.69, 9.17) is 0 Å². The molecule has 0 fully saturated rings. The highest BCUT2D eigenvalue weighted by Gasteiger charge is 2.29. The van der Waals surface area contributed by atoms with Crippen molar-refractivity contribution < 1.29 is 9.18 Å². The van der Waals surface area contributed by atoms with Crippen molar-refractivity contribution in [1.29, 1.82) is 0 Å². The van der Waals surface area contributed by atoms with E-state index < -0.39 is 0 Å². The van der Waals surface area contributed by atoms with Gasteiger partial charge < -0.3 is 0 Å². The molecule has 0 aromatic heterocycles. The highest BCUT2D eigenvalue weighted by molar-refractivity contribution is 6.07. The fourth-order valence-electron chi connectivity index (χ4n) is 2.73. The molecule has 2 aromatic carbocycles. The summed E-state index contributed by atoms with van der Waals surface area (Å²) in [5.74, 6) is 4.83. The lowest BCUT2D eigenvalue weighted by molar-refractivity contribution is -0.113. The van der Waals surface area contributed by atoms with Crippen LogP contribution in [0.5, 0.6) is 0 Å². The number of aryl methyl sites for hydroxylation is 1. The number of carbonyl (C=O) groups is 1. The largest absolute Gasteiger partial charge is 0.303 e.